The van der Waals surface area contributed by atoms with Crippen molar-refractivity contribution in [2.75, 3.05) is 31.6 Å². The number of aliphatic hydroxyl groups excluding tert-OH is 2. The molecule has 0 bridgehead atoms. The van der Waals surface area contributed by atoms with Gasteiger partial charge in [-0.15, -0.1) is 0 Å². The van der Waals surface area contributed by atoms with Crippen LogP contribution in [0.3, 0.4) is 0 Å². The monoisotopic (exact) mass is 458 g/mol. The molecule has 0 aliphatic heterocycles. The third-order valence-electron chi connectivity index (χ3n) is 3.92. The summed E-state index contributed by atoms with van der Waals surface area (Å²) in [5.41, 5.74) is 3.08. The first-order valence-electron chi connectivity index (χ1n) is 9.76. The maximum atomic E-state index is 11.0. The minimum atomic E-state index is -4.20. The Morgan fingerprint density at radius 1 is 0.688 bits per heavy atom. The summed E-state index contributed by atoms with van der Waals surface area (Å²) in [6.07, 6.45) is 0. The van der Waals surface area contributed by atoms with E-state index in [0.29, 0.717) is 24.5 Å². The summed E-state index contributed by atoms with van der Waals surface area (Å²) < 4.78 is 30.9. The van der Waals surface area contributed by atoms with Crippen molar-refractivity contribution in [3.05, 3.63) is 78.9 Å². The lowest BCUT2D eigenvalue weighted by Gasteiger charge is -2.05. The van der Waals surface area contributed by atoms with E-state index < -0.39 is 10.1 Å². The first-order chi connectivity index (χ1) is 15.4. The van der Waals surface area contributed by atoms with Crippen molar-refractivity contribution in [1.82, 2.24) is 5.32 Å². The topological polar surface area (TPSA) is 144 Å². The highest BCUT2D eigenvalue weighted by molar-refractivity contribution is 7.85. The van der Waals surface area contributed by atoms with E-state index in [4.69, 9.17) is 14.8 Å². The van der Waals surface area contributed by atoms with Crippen LogP contribution in [0.5, 0.6) is 0 Å². The quantitative estimate of drug-likeness (QED) is 0.187. The van der Waals surface area contributed by atoms with E-state index in [1.165, 1.54) is 24.3 Å². The van der Waals surface area contributed by atoms with E-state index in [9.17, 15) is 8.42 Å². The number of azo groups is 1. The molecule has 0 aromatic heterocycles. The largest absolute Gasteiger partial charge is 0.395 e. The summed E-state index contributed by atoms with van der Waals surface area (Å²) in [4.78, 5) is -0.178. The van der Waals surface area contributed by atoms with Crippen LogP contribution in [0.25, 0.3) is 0 Å². The predicted octanol–water partition coefficient (Wildman–Crippen LogP) is 3.65. The minimum Gasteiger partial charge on any atom is -0.395 e. The van der Waals surface area contributed by atoms with E-state index >= 15 is 0 Å². The van der Waals surface area contributed by atoms with Gasteiger partial charge in [0.1, 0.15) is 0 Å². The van der Waals surface area contributed by atoms with E-state index in [2.05, 4.69) is 20.9 Å². The van der Waals surface area contributed by atoms with Gasteiger partial charge in [0.15, 0.2) is 0 Å². The summed E-state index contributed by atoms with van der Waals surface area (Å²) in [5, 5.41) is 30.5. The molecule has 0 aliphatic rings. The van der Waals surface area contributed by atoms with Crippen LogP contribution in [0.4, 0.5) is 22.7 Å². The molecule has 3 rings (SSSR count). The second kappa shape index (κ2) is 13.3. The number of hydrogen-bond acceptors (Lipinski definition) is 8. The Hall–Kier alpha value is -3.15. The molecule has 0 saturated carbocycles. The van der Waals surface area contributed by atoms with Gasteiger partial charge in [-0.2, -0.15) is 18.6 Å². The summed E-state index contributed by atoms with van der Waals surface area (Å²) in [6, 6.07) is 22.7. The van der Waals surface area contributed by atoms with Gasteiger partial charge in [-0.25, -0.2) is 0 Å². The Morgan fingerprint density at radius 3 is 1.62 bits per heavy atom. The molecule has 10 heteroatoms. The third kappa shape index (κ3) is 9.33. The second-order valence-corrected chi connectivity index (χ2v) is 7.83. The molecule has 32 heavy (non-hydrogen) atoms. The van der Waals surface area contributed by atoms with E-state index in [1.54, 1.807) is 0 Å². The Kier molecular flexibility index (Phi) is 10.4. The Labute approximate surface area is 187 Å². The summed E-state index contributed by atoms with van der Waals surface area (Å²) in [6.45, 7) is 1.42. The Bertz CT molecular complexity index is 1050. The lowest BCUT2D eigenvalue weighted by Crippen LogP contribution is -2.21. The highest BCUT2D eigenvalue weighted by Gasteiger charge is 2.08. The maximum Gasteiger partial charge on any atom is 0.294 e. The Morgan fingerprint density at radius 2 is 1.16 bits per heavy atom. The molecule has 0 atom stereocenters. The standard InChI is InChI=1S/C18H15N3O3S.C4H11NO2/c22-25(23,24)18-12-10-17(11-13-18)21-20-16-8-6-15(7-9-16)19-14-4-2-1-3-5-14;6-3-1-5-2-4-7/h1-13,19H,(H,22,23,24);5-7H,1-4H2. The van der Waals surface area contributed by atoms with Crippen LogP contribution in [0.15, 0.2) is 94.0 Å². The molecule has 0 spiro atoms. The van der Waals surface area contributed by atoms with E-state index in [-0.39, 0.29) is 18.1 Å². The normalized spacial score (nSPS) is 11.1. The number of aliphatic hydroxyl groups is 2. The zero-order valence-electron chi connectivity index (χ0n) is 17.3. The van der Waals surface area contributed by atoms with Crippen LogP contribution in [0.1, 0.15) is 0 Å². The molecule has 0 amide bonds. The first kappa shape index (κ1) is 25.1. The molecule has 0 aliphatic carbocycles. The zero-order valence-corrected chi connectivity index (χ0v) is 18.1. The Balaban J connectivity index is 0.000000451. The average Bonchev–Trinajstić information content (AvgIpc) is 2.80. The lowest BCUT2D eigenvalue weighted by molar-refractivity contribution is 0.266. The minimum absolute atomic E-state index is 0.139. The van der Waals surface area contributed by atoms with Crippen molar-refractivity contribution in [3.8, 4) is 0 Å². The fourth-order valence-electron chi connectivity index (χ4n) is 2.38. The van der Waals surface area contributed by atoms with Crippen molar-refractivity contribution < 1.29 is 23.2 Å². The van der Waals surface area contributed by atoms with Gasteiger partial charge in [0.2, 0.25) is 0 Å². The molecule has 0 unspecified atom stereocenters. The summed E-state index contributed by atoms with van der Waals surface area (Å²) in [7, 11) is -4.20. The number of nitrogens with one attached hydrogen (secondary N) is 2. The third-order valence-corrected chi connectivity index (χ3v) is 4.79. The number of nitrogens with zero attached hydrogens (tertiary/aromatic N) is 2. The number of hydrogen-bond donors (Lipinski definition) is 5. The lowest BCUT2D eigenvalue weighted by atomic mass is 10.2. The van der Waals surface area contributed by atoms with Crippen molar-refractivity contribution >= 4 is 32.9 Å². The van der Waals surface area contributed by atoms with Gasteiger partial charge in [-0.3, -0.25) is 4.55 Å². The second-order valence-electron chi connectivity index (χ2n) is 6.40. The summed E-state index contributed by atoms with van der Waals surface area (Å²) >= 11 is 0. The first-order valence-corrected chi connectivity index (χ1v) is 11.2. The molecule has 0 saturated heterocycles. The van der Waals surface area contributed by atoms with Gasteiger partial charge in [0.25, 0.3) is 10.1 Å². The number of para-hydroxylation sites is 1. The van der Waals surface area contributed by atoms with Crippen LogP contribution >= 0.6 is 0 Å². The van der Waals surface area contributed by atoms with E-state index in [1.807, 2.05) is 54.6 Å². The number of benzene rings is 3. The molecule has 0 heterocycles. The van der Waals surface area contributed by atoms with Crippen LogP contribution in [-0.2, 0) is 10.1 Å². The van der Waals surface area contributed by atoms with Gasteiger partial charge in [0, 0.05) is 24.5 Å². The molecule has 3 aromatic carbocycles. The van der Waals surface area contributed by atoms with Gasteiger partial charge < -0.3 is 20.8 Å². The fraction of sp³-hybridized carbons (Fsp3) is 0.182. The smallest absolute Gasteiger partial charge is 0.294 e. The van der Waals surface area contributed by atoms with E-state index in [0.717, 1.165) is 11.4 Å². The molecule has 0 fully saturated rings. The molecular formula is C22H26N4O5S. The van der Waals surface area contributed by atoms with Gasteiger partial charge in [-0.05, 0) is 60.7 Å². The van der Waals surface area contributed by atoms with Crippen molar-refractivity contribution in [2.24, 2.45) is 10.2 Å². The molecule has 170 valence electrons. The van der Waals surface area contributed by atoms with Crippen molar-refractivity contribution in [3.63, 3.8) is 0 Å². The molecule has 0 radical (unpaired) electrons. The molecule has 9 nitrogen and oxygen atoms in total. The highest BCUT2D eigenvalue weighted by Crippen LogP contribution is 2.23. The SMILES string of the molecule is O=S(=O)(O)c1ccc(N=Nc2ccc(Nc3ccccc3)cc2)cc1.OCCNCCO. The average molecular weight is 459 g/mol. The van der Waals surface area contributed by atoms with Crippen LogP contribution in [-0.4, -0.2) is 49.5 Å². The van der Waals surface area contributed by atoms with Crippen LogP contribution in [0.2, 0.25) is 0 Å². The van der Waals surface area contributed by atoms with Crippen molar-refractivity contribution in [2.45, 2.75) is 4.90 Å². The number of anilines is 2. The maximum absolute atomic E-state index is 11.0. The molecular weight excluding hydrogens is 432 g/mol. The van der Waals surface area contributed by atoms with Crippen molar-refractivity contribution in [1.29, 1.82) is 0 Å². The van der Waals surface area contributed by atoms with Crippen LogP contribution < -0.4 is 10.6 Å². The number of rotatable bonds is 9. The zero-order chi connectivity index (χ0) is 23.2. The summed E-state index contributed by atoms with van der Waals surface area (Å²) in [5.74, 6) is 0. The van der Waals surface area contributed by atoms with Crippen LogP contribution in [0, 0.1) is 0 Å². The molecule has 5 N–H and O–H groups in total. The van der Waals surface area contributed by atoms with Gasteiger partial charge in [0.05, 0.1) is 29.5 Å². The highest BCUT2D eigenvalue weighted by atomic mass is 32.2. The molecule has 3 aromatic rings. The van der Waals surface area contributed by atoms with Gasteiger partial charge >= 0.3 is 0 Å². The predicted molar refractivity (Wildman–Crippen MR) is 124 cm³/mol. The fourth-order valence-corrected chi connectivity index (χ4v) is 2.86. The van der Waals surface area contributed by atoms with Gasteiger partial charge in [-0.1, -0.05) is 18.2 Å².